The van der Waals surface area contributed by atoms with Crippen molar-refractivity contribution < 1.29 is 14.3 Å². The van der Waals surface area contributed by atoms with Crippen LogP contribution in [0.2, 0.25) is 10.0 Å². The lowest BCUT2D eigenvalue weighted by Crippen LogP contribution is -2.34. The second-order valence-corrected chi connectivity index (χ2v) is 5.65. The first-order valence-electron chi connectivity index (χ1n) is 6.55. The summed E-state index contributed by atoms with van der Waals surface area (Å²) in [6.07, 6.45) is -0.180. The molecule has 1 rings (SSSR count). The van der Waals surface area contributed by atoms with Crippen molar-refractivity contribution in [3.05, 3.63) is 39.9 Å². The van der Waals surface area contributed by atoms with Gasteiger partial charge in [-0.05, 0) is 24.1 Å². The summed E-state index contributed by atoms with van der Waals surface area (Å²) in [6, 6.07) is 2.94. The Morgan fingerprint density at radius 1 is 1.32 bits per heavy atom. The highest BCUT2D eigenvalue weighted by molar-refractivity contribution is 6.45. The fourth-order valence-electron chi connectivity index (χ4n) is 1.66. The van der Waals surface area contributed by atoms with Crippen LogP contribution in [0.3, 0.4) is 0 Å². The van der Waals surface area contributed by atoms with Crippen molar-refractivity contribution in [2.24, 2.45) is 5.73 Å². The normalized spacial score (nSPS) is 11.8. The number of amides is 1. The highest BCUT2D eigenvalue weighted by Gasteiger charge is 2.22. The van der Waals surface area contributed by atoms with Crippen molar-refractivity contribution >= 4 is 46.5 Å². The number of ketones is 1. The number of primary amides is 1. The van der Waals surface area contributed by atoms with Crippen LogP contribution in [-0.2, 0) is 4.79 Å². The zero-order valence-electron chi connectivity index (χ0n) is 12.0. The summed E-state index contributed by atoms with van der Waals surface area (Å²) in [5, 5.41) is 0.0881. The predicted molar refractivity (Wildman–Crippen MR) is 89.2 cm³/mol. The molecular weight excluding hydrogens is 349 g/mol. The Morgan fingerprint density at radius 3 is 2.45 bits per heavy atom. The SMILES string of the molecule is C=C(CC)C(=O)c1ccc(OC(CCCl)C(N)=O)c(Cl)c1Cl. The standard InChI is InChI=1S/C15H16Cl3NO3/c1-3-8(2)14(20)9-4-5-10(13(18)12(9)17)22-11(6-7-16)15(19)21/h4-5,11H,2-3,6-7H2,1H3,(H2,19,21). The van der Waals surface area contributed by atoms with Gasteiger partial charge in [-0.25, -0.2) is 0 Å². The van der Waals surface area contributed by atoms with E-state index in [1.807, 2.05) is 6.92 Å². The van der Waals surface area contributed by atoms with Crippen molar-refractivity contribution in [3.8, 4) is 5.75 Å². The van der Waals surface area contributed by atoms with Gasteiger partial charge in [0.15, 0.2) is 11.9 Å². The Kier molecular flexibility index (Phi) is 7.20. The molecule has 0 bridgehead atoms. The number of rotatable bonds is 8. The average molecular weight is 365 g/mol. The molecule has 1 atom stereocenters. The molecule has 0 saturated carbocycles. The topological polar surface area (TPSA) is 69.4 Å². The maximum atomic E-state index is 12.1. The Hall–Kier alpha value is -1.23. The molecule has 2 N–H and O–H groups in total. The number of benzene rings is 1. The summed E-state index contributed by atoms with van der Waals surface area (Å²) in [7, 11) is 0. The van der Waals surface area contributed by atoms with E-state index >= 15 is 0 Å². The van der Waals surface area contributed by atoms with Crippen LogP contribution in [0.25, 0.3) is 0 Å². The number of halogens is 3. The van der Waals surface area contributed by atoms with Gasteiger partial charge in [0, 0.05) is 17.9 Å². The van der Waals surface area contributed by atoms with Gasteiger partial charge >= 0.3 is 0 Å². The van der Waals surface area contributed by atoms with E-state index in [1.165, 1.54) is 12.1 Å². The lowest BCUT2D eigenvalue weighted by molar-refractivity contribution is -0.124. The monoisotopic (exact) mass is 363 g/mol. The van der Waals surface area contributed by atoms with Crippen LogP contribution in [-0.4, -0.2) is 23.7 Å². The number of nitrogens with two attached hydrogens (primary N) is 1. The van der Waals surface area contributed by atoms with E-state index in [0.717, 1.165) is 0 Å². The molecule has 0 spiro atoms. The van der Waals surface area contributed by atoms with E-state index in [4.69, 9.17) is 45.3 Å². The van der Waals surface area contributed by atoms with E-state index in [-0.39, 0.29) is 39.4 Å². The molecule has 120 valence electrons. The van der Waals surface area contributed by atoms with Crippen LogP contribution in [0.5, 0.6) is 5.75 Å². The third-order valence-corrected chi connectivity index (χ3v) is 4.08. The Balaban J connectivity index is 3.11. The molecule has 4 nitrogen and oxygen atoms in total. The fraction of sp³-hybridized carbons (Fsp3) is 0.333. The Bertz CT molecular complexity index is 602. The van der Waals surface area contributed by atoms with Gasteiger partial charge in [0.2, 0.25) is 0 Å². The lowest BCUT2D eigenvalue weighted by atomic mass is 10.0. The molecule has 0 aliphatic carbocycles. The second kappa shape index (κ2) is 8.42. The number of carbonyl (C=O) groups excluding carboxylic acids is 2. The minimum absolute atomic E-state index is 0.0391. The fourth-order valence-corrected chi connectivity index (χ4v) is 2.31. The van der Waals surface area contributed by atoms with Gasteiger partial charge < -0.3 is 10.5 Å². The first kappa shape index (κ1) is 18.8. The van der Waals surface area contributed by atoms with E-state index in [9.17, 15) is 9.59 Å². The van der Waals surface area contributed by atoms with Gasteiger partial charge in [-0.2, -0.15) is 0 Å². The summed E-state index contributed by atoms with van der Waals surface area (Å²) in [6.45, 7) is 5.50. The smallest absolute Gasteiger partial charge is 0.258 e. The maximum Gasteiger partial charge on any atom is 0.258 e. The largest absolute Gasteiger partial charge is 0.479 e. The molecule has 1 aromatic rings. The van der Waals surface area contributed by atoms with E-state index < -0.39 is 12.0 Å². The minimum Gasteiger partial charge on any atom is -0.479 e. The van der Waals surface area contributed by atoms with Crippen molar-refractivity contribution in [1.82, 2.24) is 0 Å². The highest BCUT2D eigenvalue weighted by Crippen LogP contribution is 2.36. The molecular formula is C15H16Cl3NO3. The van der Waals surface area contributed by atoms with Crippen LogP contribution in [0, 0.1) is 0 Å². The first-order chi connectivity index (χ1) is 10.3. The van der Waals surface area contributed by atoms with Gasteiger partial charge in [0.25, 0.3) is 5.91 Å². The number of carbonyl (C=O) groups is 2. The molecule has 0 fully saturated rings. The number of allylic oxidation sites excluding steroid dienone is 1. The zero-order chi connectivity index (χ0) is 16.9. The zero-order valence-corrected chi connectivity index (χ0v) is 14.3. The quantitative estimate of drug-likeness (QED) is 0.430. The lowest BCUT2D eigenvalue weighted by Gasteiger charge is -2.17. The summed E-state index contributed by atoms with van der Waals surface area (Å²) in [5.41, 5.74) is 5.89. The number of alkyl halides is 1. The maximum absolute atomic E-state index is 12.1. The van der Waals surface area contributed by atoms with E-state index in [0.29, 0.717) is 12.0 Å². The molecule has 0 aliphatic heterocycles. The summed E-state index contributed by atoms with van der Waals surface area (Å²) in [4.78, 5) is 23.4. The molecule has 22 heavy (non-hydrogen) atoms. The van der Waals surface area contributed by atoms with Crippen LogP contribution < -0.4 is 10.5 Å². The second-order valence-electron chi connectivity index (χ2n) is 4.51. The average Bonchev–Trinajstić information content (AvgIpc) is 2.49. The first-order valence-corrected chi connectivity index (χ1v) is 7.84. The van der Waals surface area contributed by atoms with E-state index in [2.05, 4.69) is 6.58 Å². The third-order valence-electron chi connectivity index (χ3n) is 3.00. The summed E-state index contributed by atoms with van der Waals surface area (Å²) < 4.78 is 5.44. The number of ether oxygens (including phenoxy) is 1. The van der Waals surface area contributed by atoms with Gasteiger partial charge in [-0.1, -0.05) is 36.7 Å². The summed E-state index contributed by atoms with van der Waals surface area (Å²) >= 11 is 17.8. The minimum atomic E-state index is -0.918. The summed E-state index contributed by atoms with van der Waals surface area (Å²) in [5.74, 6) is -0.578. The van der Waals surface area contributed by atoms with Crippen molar-refractivity contribution in [3.63, 3.8) is 0 Å². The molecule has 1 unspecified atom stereocenters. The van der Waals surface area contributed by atoms with E-state index in [1.54, 1.807) is 0 Å². The van der Waals surface area contributed by atoms with Gasteiger partial charge in [0.05, 0.1) is 5.02 Å². The molecule has 0 aliphatic rings. The van der Waals surface area contributed by atoms with Crippen LogP contribution in [0.15, 0.2) is 24.3 Å². The Labute approximate surface area is 144 Å². The molecule has 0 aromatic heterocycles. The molecule has 1 amide bonds. The van der Waals surface area contributed by atoms with Crippen LogP contribution >= 0.6 is 34.8 Å². The molecule has 0 heterocycles. The Morgan fingerprint density at radius 2 is 1.95 bits per heavy atom. The number of Topliss-reactive ketones (excluding diaryl/α,β-unsaturated/α-hetero) is 1. The molecule has 7 heteroatoms. The molecule has 0 saturated heterocycles. The predicted octanol–water partition coefficient (Wildman–Crippen LogP) is 4.00. The number of hydrogen-bond acceptors (Lipinski definition) is 3. The van der Waals surface area contributed by atoms with Crippen molar-refractivity contribution in [2.45, 2.75) is 25.9 Å². The van der Waals surface area contributed by atoms with Crippen LogP contribution in [0.4, 0.5) is 0 Å². The van der Waals surface area contributed by atoms with Crippen molar-refractivity contribution in [2.75, 3.05) is 5.88 Å². The van der Waals surface area contributed by atoms with Gasteiger partial charge in [-0.15, -0.1) is 11.6 Å². The molecule has 0 radical (unpaired) electrons. The highest BCUT2D eigenvalue weighted by atomic mass is 35.5. The van der Waals surface area contributed by atoms with Gasteiger partial charge in [0.1, 0.15) is 10.8 Å². The van der Waals surface area contributed by atoms with Crippen LogP contribution in [0.1, 0.15) is 30.1 Å². The molecule has 1 aromatic carbocycles. The van der Waals surface area contributed by atoms with Gasteiger partial charge in [-0.3, -0.25) is 9.59 Å². The third kappa shape index (κ3) is 4.38. The van der Waals surface area contributed by atoms with Crippen molar-refractivity contribution in [1.29, 1.82) is 0 Å². The number of hydrogen-bond donors (Lipinski definition) is 1.